The number of nitro groups is 1. The number of benzene rings is 2. The summed E-state index contributed by atoms with van der Waals surface area (Å²) in [5, 5.41) is 18.2. The van der Waals surface area contributed by atoms with E-state index in [1.165, 1.54) is 6.07 Å². The Morgan fingerprint density at radius 2 is 1.93 bits per heavy atom. The molecule has 1 aromatic heterocycles. The molecule has 1 heterocycles. The summed E-state index contributed by atoms with van der Waals surface area (Å²) in [5.74, 6) is -0.0804. The van der Waals surface area contributed by atoms with E-state index in [0.717, 1.165) is 16.9 Å². The molecule has 0 fully saturated rings. The van der Waals surface area contributed by atoms with Gasteiger partial charge in [-0.2, -0.15) is 0 Å². The molecule has 3 rings (SSSR count). The minimum Gasteiger partial charge on any atom is -0.380 e. The van der Waals surface area contributed by atoms with Crippen molar-refractivity contribution in [3.63, 3.8) is 0 Å². The summed E-state index contributed by atoms with van der Waals surface area (Å²) in [4.78, 5) is 29.0. The van der Waals surface area contributed by atoms with Gasteiger partial charge in [0.15, 0.2) is 5.52 Å². The molecule has 0 aliphatic heterocycles. The van der Waals surface area contributed by atoms with Gasteiger partial charge in [0.25, 0.3) is 5.69 Å². The molecule has 0 aliphatic carbocycles. The van der Waals surface area contributed by atoms with E-state index in [-0.39, 0.29) is 11.6 Å². The number of para-hydroxylation sites is 1. The summed E-state index contributed by atoms with van der Waals surface area (Å²) in [7, 11) is 3.68. The topological polar surface area (TPSA) is 100 Å². The first-order valence-electron chi connectivity index (χ1n) is 9.15. The summed E-state index contributed by atoms with van der Waals surface area (Å²) < 4.78 is 0. The number of nitro benzene ring substituents is 1. The quantitative estimate of drug-likeness (QED) is 0.470. The van der Waals surface area contributed by atoms with Crippen molar-refractivity contribution in [1.82, 2.24) is 9.88 Å². The van der Waals surface area contributed by atoms with Crippen LogP contribution in [0.2, 0.25) is 0 Å². The molecule has 29 heavy (non-hydrogen) atoms. The Balaban J connectivity index is 1.81. The number of rotatable bonds is 7. The lowest BCUT2D eigenvalue weighted by Gasteiger charge is -2.13. The Morgan fingerprint density at radius 1 is 1.17 bits per heavy atom. The molecule has 150 valence electrons. The van der Waals surface area contributed by atoms with E-state index >= 15 is 0 Å². The lowest BCUT2D eigenvalue weighted by molar-refractivity contribution is -0.383. The second-order valence-corrected chi connectivity index (χ2v) is 7.08. The predicted octanol–water partition coefficient (Wildman–Crippen LogP) is 3.56. The van der Waals surface area contributed by atoms with Crippen molar-refractivity contribution in [1.29, 1.82) is 0 Å². The van der Waals surface area contributed by atoms with E-state index in [0.29, 0.717) is 29.7 Å². The third kappa shape index (κ3) is 5.05. The van der Waals surface area contributed by atoms with Crippen LogP contribution in [0.1, 0.15) is 11.3 Å². The first-order valence-corrected chi connectivity index (χ1v) is 9.15. The minimum absolute atomic E-state index is 0.0140. The number of hydrogen-bond acceptors (Lipinski definition) is 6. The van der Waals surface area contributed by atoms with Crippen molar-refractivity contribution >= 4 is 33.9 Å². The SMILES string of the molecule is Cc1cc(NCc2cccc(NC(=O)CN(C)C)c2)c2cccc([N+](=O)[O-])c2n1. The molecule has 8 nitrogen and oxygen atoms in total. The maximum Gasteiger partial charge on any atom is 0.295 e. The average Bonchev–Trinajstić information content (AvgIpc) is 2.65. The van der Waals surface area contributed by atoms with E-state index < -0.39 is 4.92 Å². The summed E-state index contributed by atoms with van der Waals surface area (Å²) in [6.45, 7) is 2.62. The van der Waals surface area contributed by atoms with Crippen LogP contribution in [0.15, 0.2) is 48.5 Å². The molecule has 1 amide bonds. The van der Waals surface area contributed by atoms with Gasteiger partial charge in [-0.15, -0.1) is 0 Å². The molecule has 0 saturated carbocycles. The third-order valence-corrected chi connectivity index (χ3v) is 4.30. The highest BCUT2D eigenvalue weighted by atomic mass is 16.6. The van der Waals surface area contributed by atoms with Crippen LogP contribution >= 0.6 is 0 Å². The second-order valence-electron chi connectivity index (χ2n) is 7.08. The number of likely N-dealkylation sites (N-methyl/N-ethyl adjacent to an activating group) is 1. The summed E-state index contributed by atoms with van der Waals surface area (Å²) in [6, 6.07) is 14.4. The third-order valence-electron chi connectivity index (χ3n) is 4.30. The van der Waals surface area contributed by atoms with Gasteiger partial charge in [0.05, 0.1) is 11.5 Å². The second kappa shape index (κ2) is 8.66. The van der Waals surface area contributed by atoms with Gasteiger partial charge < -0.3 is 15.5 Å². The fourth-order valence-electron chi connectivity index (χ4n) is 3.10. The van der Waals surface area contributed by atoms with Gasteiger partial charge in [-0.05, 0) is 44.8 Å². The van der Waals surface area contributed by atoms with E-state index in [1.54, 1.807) is 11.0 Å². The van der Waals surface area contributed by atoms with Crippen molar-refractivity contribution in [2.75, 3.05) is 31.3 Å². The zero-order valence-corrected chi connectivity index (χ0v) is 16.6. The van der Waals surface area contributed by atoms with Crippen LogP contribution in [0.5, 0.6) is 0 Å². The molecule has 0 aliphatic rings. The number of carbonyl (C=O) groups is 1. The van der Waals surface area contributed by atoms with Crippen molar-refractivity contribution in [2.24, 2.45) is 0 Å². The van der Waals surface area contributed by atoms with E-state index in [2.05, 4.69) is 15.6 Å². The Hall–Kier alpha value is -3.52. The monoisotopic (exact) mass is 393 g/mol. The number of nitrogens with one attached hydrogen (secondary N) is 2. The molecular formula is C21H23N5O3. The standard InChI is InChI=1S/C21H23N5O3/c1-14-10-18(17-8-5-9-19(26(28)29)21(17)23-14)22-12-15-6-4-7-16(11-15)24-20(27)13-25(2)3/h4-11H,12-13H2,1-3H3,(H,22,23)(H,24,27). The first kappa shape index (κ1) is 20.2. The number of anilines is 2. The number of hydrogen-bond donors (Lipinski definition) is 2. The largest absolute Gasteiger partial charge is 0.380 e. The van der Waals surface area contributed by atoms with Gasteiger partial charge >= 0.3 is 0 Å². The molecule has 0 saturated heterocycles. The number of pyridine rings is 1. The number of aromatic nitrogens is 1. The van der Waals surface area contributed by atoms with Crippen molar-refractivity contribution < 1.29 is 9.72 Å². The van der Waals surface area contributed by atoms with Gasteiger partial charge in [0, 0.05) is 35.1 Å². The van der Waals surface area contributed by atoms with Gasteiger partial charge in [0.2, 0.25) is 5.91 Å². The number of amides is 1. The fraction of sp³-hybridized carbons (Fsp3) is 0.238. The lowest BCUT2D eigenvalue weighted by Crippen LogP contribution is -2.27. The van der Waals surface area contributed by atoms with Crippen LogP contribution in [0.4, 0.5) is 17.1 Å². The zero-order chi connectivity index (χ0) is 21.0. The summed E-state index contributed by atoms with van der Waals surface area (Å²) >= 11 is 0. The van der Waals surface area contributed by atoms with Gasteiger partial charge in [-0.3, -0.25) is 14.9 Å². The number of fused-ring (bicyclic) bond motifs is 1. The van der Waals surface area contributed by atoms with Crippen LogP contribution in [0.25, 0.3) is 10.9 Å². The highest BCUT2D eigenvalue weighted by Gasteiger charge is 2.15. The summed E-state index contributed by atoms with van der Waals surface area (Å²) in [6.07, 6.45) is 0. The molecule has 3 aromatic rings. The molecule has 2 aromatic carbocycles. The fourth-order valence-corrected chi connectivity index (χ4v) is 3.10. The normalized spacial score (nSPS) is 10.9. The van der Waals surface area contributed by atoms with Crippen molar-refractivity contribution in [3.8, 4) is 0 Å². The molecule has 0 spiro atoms. The van der Waals surface area contributed by atoms with Gasteiger partial charge in [-0.25, -0.2) is 4.98 Å². The first-order chi connectivity index (χ1) is 13.8. The highest BCUT2D eigenvalue weighted by molar-refractivity contribution is 5.96. The zero-order valence-electron chi connectivity index (χ0n) is 16.6. The van der Waals surface area contributed by atoms with Crippen molar-refractivity contribution in [3.05, 3.63) is 69.9 Å². The average molecular weight is 393 g/mol. The Labute approximate surface area is 168 Å². The van der Waals surface area contributed by atoms with Crippen LogP contribution in [-0.4, -0.2) is 41.4 Å². The molecule has 0 unspecified atom stereocenters. The Morgan fingerprint density at radius 3 is 2.66 bits per heavy atom. The van der Waals surface area contributed by atoms with Crippen LogP contribution in [-0.2, 0) is 11.3 Å². The number of aryl methyl sites for hydroxylation is 1. The Kier molecular flexibility index (Phi) is 6.04. The Bertz CT molecular complexity index is 1070. The van der Waals surface area contributed by atoms with E-state index in [1.807, 2.05) is 57.4 Å². The van der Waals surface area contributed by atoms with Crippen LogP contribution < -0.4 is 10.6 Å². The van der Waals surface area contributed by atoms with Crippen LogP contribution in [0, 0.1) is 17.0 Å². The van der Waals surface area contributed by atoms with E-state index in [9.17, 15) is 14.9 Å². The molecular weight excluding hydrogens is 370 g/mol. The highest BCUT2D eigenvalue weighted by Crippen LogP contribution is 2.30. The van der Waals surface area contributed by atoms with Gasteiger partial charge in [-0.1, -0.05) is 24.3 Å². The molecule has 0 atom stereocenters. The predicted molar refractivity (Wildman–Crippen MR) is 114 cm³/mol. The molecule has 2 N–H and O–H groups in total. The summed E-state index contributed by atoms with van der Waals surface area (Å²) in [5.41, 5.74) is 3.52. The molecule has 0 radical (unpaired) electrons. The molecule has 0 bridgehead atoms. The maximum atomic E-state index is 12.0. The molecule has 8 heteroatoms. The smallest absolute Gasteiger partial charge is 0.295 e. The maximum absolute atomic E-state index is 12.0. The lowest BCUT2D eigenvalue weighted by atomic mass is 10.1. The van der Waals surface area contributed by atoms with Crippen LogP contribution in [0.3, 0.4) is 0 Å². The minimum atomic E-state index is -0.418. The van der Waals surface area contributed by atoms with Gasteiger partial charge in [0.1, 0.15) is 0 Å². The number of nitrogens with zero attached hydrogens (tertiary/aromatic N) is 3. The number of carbonyl (C=O) groups excluding carboxylic acids is 1. The van der Waals surface area contributed by atoms with E-state index in [4.69, 9.17) is 0 Å². The number of non-ortho nitro benzene ring substituents is 1. The van der Waals surface area contributed by atoms with Crippen molar-refractivity contribution in [2.45, 2.75) is 13.5 Å².